The van der Waals surface area contributed by atoms with Crippen LogP contribution in [0, 0.1) is 18.8 Å². The smallest absolute Gasteiger partial charge is 0.310 e. The Hall–Kier alpha value is -1.63. The molecule has 0 aliphatic carbocycles. The molecular formula is C15H24N4O2S. The summed E-state index contributed by atoms with van der Waals surface area (Å²) >= 11 is 1.67. The Morgan fingerprint density at radius 3 is 2.95 bits per heavy atom. The molecular weight excluding hydrogens is 300 g/mol. The number of nitrogens with zero attached hydrogens (tertiary/aromatic N) is 3. The number of aromatic nitrogens is 1. The Balaban J connectivity index is 1.86. The highest BCUT2D eigenvalue weighted by atomic mass is 32.1. The molecule has 0 saturated carbocycles. The van der Waals surface area contributed by atoms with Crippen LogP contribution in [0.4, 0.5) is 0 Å². The van der Waals surface area contributed by atoms with Crippen molar-refractivity contribution in [2.45, 2.75) is 20.3 Å². The van der Waals surface area contributed by atoms with Crippen LogP contribution < -0.4 is 5.32 Å². The standard InChI is InChI=1S/C15H24N4O2S/c1-10-7-19(8-13(10)14(20)21-4)15(16-3)17-6-5-12-9-22-11(2)18-12/h9-10,13H,5-8H2,1-4H3,(H,16,17). The third-order valence-electron chi connectivity index (χ3n) is 3.96. The van der Waals surface area contributed by atoms with Crippen LogP contribution in [0.2, 0.25) is 0 Å². The SMILES string of the molecule is CN=C(NCCc1csc(C)n1)N1CC(C)C(C(=O)OC)C1. The molecule has 2 rings (SSSR count). The Kier molecular flexibility index (Phi) is 5.76. The lowest BCUT2D eigenvalue weighted by molar-refractivity contribution is -0.145. The number of methoxy groups -OCH3 is 1. The number of carbonyl (C=O) groups excluding carboxylic acids is 1. The summed E-state index contributed by atoms with van der Waals surface area (Å²) in [5.74, 6) is 0.894. The monoisotopic (exact) mass is 324 g/mol. The summed E-state index contributed by atoms with van der Waals surface area (Å²) in [5, 5.41) is 6.54. The molecule has 2 heterocycles. The van der Waals surface area contributed by atoms with Crippen LogP contribution in [0.25, 0.3) is 0 Å². The molecule has 1 aliphatic heterocycles. The molecule has 0 radical (unpaired) electrons. The fourth-order valence-corrected chi connectivity index (χ4v) is 3.40. The van der Waals surface area contributed by atoms with Gasteiger partial charge in [-0.1, -0.05) is 6.92 Å². The molecule has 2 atom stereocenters. The van der Waals surface area contributed by atoms with Gasteiger partial charge in [0.1, 0.15) is 0 Å². The van der Waals surface area contributed by atoms with E-state index < -0.39 is 0 Å². The molecule has 22 heavy (non-hydrogen) atoms. The van der Waals surface area contributed by atoms with Gasteiger partial charge in [0, 0.05) is 38.5 Å². The Bertz CT molecular complexity index is 543. The van der Waals surface area contributed by atoms with E-state index in [1.165, 1.54) is 7.11 Å². The number of esters is 1. The first-order valence-corrected chi connectivity index (χ1v) is 8.37. The largest absolute Gasteiger partial charge is 0.469 e. The van der Waals surface area contributed by atoms with E-state index in [0.717, 1.165) is 36.2 Å². The van der Waals surface area contributed by atoms with E-state index in [4.69, 9.17) is 4.74 Å². The van der Waals surface area contributed by atoms with Crippen molar-refractivity contribution in [1.82, 2.24) is 15.2 Å². The van der Waals surface area contributed by atoms with Gasteiger partial charge >= 0.3 is 5.97 Å². The van der Waals surface area contributed by atoms with Crippen molar-refractivity contribution in [3.05, 3.63) is 16.1 Å². The predicted octanol–water partition coefficient (Wildman–Crippen LogP) is 1.31. The number of nitrogens with one attached hydrogen (secondary N) is 1. The molecule has 1 fully saturated rings. The number of aliphatic imine (C=N–C) groups is 1. The van der Waals surface area contributed by atoms with E-state index in [-0.39, 0.29) is 17.8 Å². The predicted molar refractivity (Wildman–Crippen MR) is 88.2 cm³/mol. The van der Waals surface area contributed by atoms with Crippen molar-refractivity contribution in [2.75, 3.05) is 33.8 Å². The van der Waals surface area contributed by atoms with Gasteiger partial charge in [0.05, 0.1) is 23.7 Å². The molecule has 0 bridgehead atoms. The molecule has 1 aromatic rings. The van der Waals surface area contributed by atoms with Crippen molar-refractivity contribution in [1.29, 1.82) is 0 Å². The number of carbonyl (C=O) groups is 1. The van der Waals surface area contributed by atoms with Gasteiger partial charge in [-0.3, -0.25) is 9.79 Å². The molecule has 6 nitrogen and oxygen atoms in total. The number of likely N-dealkylation sites (tertiary alicyclic amines) is 1. The second-order valence-electron chi connectivity index (χ2n) is 5.59. The summed E-state index contributed by atoms with van der Waals surface area (Å²) in [6.07, 6.45) is 0.868. The minimum atomic E-state index is -0.136. The maximum absolute atomic E-state index is 11.8. The van der Waals surface area contributed by atoms with Crippen LogP contribution in [0.1, 0.15) is 17.6 Å². The maximum Gasteiger partial charge on any atom is 0.310 e. The van der Waals surface area contributed by atoms with Gasteiger partial charge in [-0.15, -0.1) is 11.3 Å². The van der Waals surface area contributed by atoms with Crippen LogP contribution in [0.15, 0.2) is 10.4 Å². The average Bonchev–Trinajstić information content (AvgIpc) is 3.09. The summed E-state index contributed by atoms with van der Waals surface area (Å²) in [6.45, 7) is 6.34. The first-order chi connectivity index (χ1) is 10.5. The van der Waals surface area contributed by atoms with E-state index in [0.29, 0.717) is 6.54 Å². The van der Waals surface area contributed by atoms with Crippen LogP contribution in [-0.2, 0) is 16.0 Å². The Morgan fingerprint density at radius 1 is 1.59 bits per heavy atom. The van der Waals surface area contributed by atoms with Crippen LogP contribution in [0.3, 0.4) is 0 Å². The summed E-state index contributed by atoms with van der Waals surface area (Å²) < 4.78 is 4.87. The fraction of sp³-hybridized carbons (Fsp3) is 0.667. The first-order valence-electron chi connectivity index (χ1n) is 7.49. The van der Waals surface area contributed by atoms with Crippen molar-refractivity contribution >= 4 is 23.3 Å². The van der Waals surface area contributed by atoms with Gasteiger partial charge < -0.3 is 15.0 Å². The van der Waals surface area contributed by atoms with Crippen LogP contribution in [-0.4, -0.2) is 55.6 Å². The van der Waals surface area contributed by atoms with E-state index in [9.17, 15) is 4.79 Å². The van der Waals surface area contributed by atoms with Crippen molar-refractivity contribution < 1.29 is 9.53 Å². The molecule has 0 amide bonds. The molecule has 1 saturated heterocycles. The lowest BCUT2D eigenvalue weighted by Gasteiger charge is -2.21. The van der Waals surface area contributed by atoms with Gasteiger partial charge in [-0.05, 0) is 12.8 Å². The molecule has 1 aliphatic rings. The van der Waals surface area contributed by atoms with E-state index >= 15 is 0 Å². The van der Waals surface area contributed by atoms with Gasteiger partial charge in [-0.2, -0.15) is 0 Å². The van der Waals surface area contributed by atoms with Crippen LogP contribution >= 0.6 is 11.3 Å². The molecule has 2 unspecified atom stereocenters. The quantitative estimate of drug-likeness (QED) is 0.514. The maximum atomic E-state index is 11.8. The fourth-order valence-electron chi connectivity index (χ4n) is 2.76. The summed E-state index contributed by atoms with van der Waals surface area (Å²) in [5.41, 5.74) is 1.10. The zero-order valence-electron chi connectivity index (χ0n) is 13.6. The lowest BCUT2D eigenvalue weighted by Crippen LogP contribution is -2.41. The topological polar surface area (TPSA) is 66.8 Å². The van der Waals surface area contributed by atoms with Crippen molar-refractivity contribution in [3.8, 4) is 0 Å². The van der Waals surface area contributed by atoms with Crippen LogP contribution in [0.5, 0.6) is 0 Å². The molecule has 0 spiro atoms. The molecule has 0 aromatic carbocycles. The molecule has 122 valence electrons. The zero-order valence-corrected chi connectivity index (χ0v) is 14.4. The van der Waals surface area contributed by atoms with E-state index in [2.05, 4.69) is 32.5 Å². The van der Waals surface area contributed by atoms with Crippen molar-refractivity contribution in [2.24, 2.45) is 16.8 Å². The van der Waals surface area contributed by atoms with Gasteiger partial charge in [0.15, 0.2) is 5.96 Å². The normalized spacial score (nSPS) is 22.0. The first kappa shape index (κ1) is 16.7. The second kappa shape index (κ2) is 7.58. The third kappa shape index (κ3) is 3.97. The molecule has 7 heteroatoms. The number of hydrogen-bond donors (Lipinski definition) is 1. The van der Waals surface area contributed by atoms with Crippen molar-refractivity contribution in [3.63, 3.8) is 0 Å². The number of ether oxygens (including phenoxy) is 1. The molecule has 1 aromatic heterocycles. The number of hydrogen-bond acceptors (Lipinski definition) is 5. The van der Waals surface area contributed by atoms with Gasteiger partial charge in [0.2, 0.25) is 0 Å². The number of guanidine groups is 1. The summed E-state index contributed by atoms with van der Waals surface area (Å²) in [6, 6.07) is 0. The average molecular weight is 324 g/mol. The van der Waals surface area contributed by atoms with Gasteiger partial charge in [-0.25, -0.2) is 4.98 Å². The minimum Gasteiger partial charge on any atom is -0.469 e. The van der Waals surface area contributed by atoms with E-state index in [1.807, 2.05) is 6.92 Å². The Morgan fingerprint density at radius 2 is 2.36 bits per heavy atom. The number of thiazole rings is 1. The minimum absolute atomic E-state index is 0.0789. The third-order valence-corrected chi connectivity index (χ3v) is 4.78. The van der Waals surface area contributed by atoms with E-state index in [1.54, 1.807) is 18.4 Å². The summed E-state index contributed by atoms with van der Waals surface area (Å²) in [7, 11) is 3.21. The number of aryl methyl sites for hydroxylation is 1. The number of rotatable bonds is 4. The highest BCUT2D eigenvalue weighted by Gasteiger charge is 2.36. The van der Waals surface area contributed by atoms with Gasteiger partial charge in [0.25, 0.3) is 0 Å². The molecule has 1 N–H and O–H groups in total. The highest BCUT2D eigenvalue weighted by Crippen LogP contribution is 2.24. The Labute approximate surface area is 135 Å². The lowest BCUT2D eigenvalue weighted by atomic mass is 9.99. The summed E-state index contributed by atoms with van der Waals surface area (Å²) in [4.78, 5) is 22.7. The highest BCUT2D eigenvalue weighted by molar-refractivity contribution is 7.09. The zero-order chi connectivity index (χ0) is 16.1. The second-order valence-corrected chi connectivity index (χ2v) is 6.66.